The Kier molecular flexibility index (Phi) is 8.72. The van der Waals surface area contributed by atoms with Gasteiger partial charge in [-0.1, -0.05) is 30.7 Å². The van der Waals surface area contributed by atoms with Gasteiger partial charge in [0, 0.05) is 11.6 Å². The third kappa shape index (κ3) is 6.30. The molecule has 0 unspecified atom stereocenters. The molecule has 1 aliphatic heterocycles. The highest BCUT2D eigenvalue weighted by molar-refractivity contribution is 9.10. The second-order valence-electron chi connectivity index (χ2n) is 7.89. The van der Waals surface area contributed by atoms with E-state index in [1.165, 1.54) is 23.9 Å². The van der Waals surface area contributed by atoms with E-state index in [0.29, 0.717) is 43.2 Å². The average Bonchev–Trinajstić information content (AvgIpc) is 3.13. The van der Waals surface area contributed by atoms with Crippen LogP contribution in [-0.2, 0) is 11.4 Å². The van der Waals surface area contributed by atoms with Crippen LogP contribution >= 0.6 is 39.3 Å². The molecule has 0 bridgehead atoms. The molecule has 3 aromatic carbocycles. The molecule has 1 aliphatic rings. The summed E-state index contributed by atoms with van der Waals surface area (Å²) in [5, 5.41) is 1.25. The second kappa shape index (κ2) is 12.0. The molecule has 1 heterocycles. The lowest BCUT2D eigenvalue weighted by Gasteiger charge is -2.14. The number of benzene rings is 3. The van der Waals surface area contributed by atoms with Crippen molar-refractivity contribution in [3.05, 3.63) is 92.0 Å². The van der Waals surface area contributed by atoms with Crippen molar-refractivity contribution < 1.29 is 18.7 Å². The molecule has 1 amide bonds. The summed E-state index contributed by atoms with van der Waals surface area (Å²) in [5.74, 6) is 0.561. The summed E-state index contributed by atoms with van der Waals surface area (Å²) >= 11 is 10.9. The van der Waals surface area contributed by atoms with Crippen molar-refractivity contribution in [1.82, 2.24) is 4.90 Å². The Morgan fingerprint density at radius 3 is 2.64 bits per heavy atom. The Hall–Kier alpha value is -2.81. The normalized spacial score (nSPS) is 15.7. The van der Waals surface area contributed by atoms with Crippen LogP contribution in [0.2, 0.25) is 5.02 Å². The lowest BCUT2D eigenvalue weighted by atomic mass is 10.1. The maximum atomic E-state index is 13.5. The Morgan fingerprint density at radius 2 is 1.94 bits per heavy atom. The van der Waals surface area contributed by atoms with Crippen molar-refractivity contribution in [1.29, 1.82) is 0 Å². The first-order chi connectivity index (χ1) is 17.4. The van der Waals surface area contributed by atoms with E-state index in [-0.39, 0.29) is 18.3 Å². The minimum absolute atomic E-state index is 0.101. The average molecular weight is 590 g/mol. The standard InChI is InChI=1S/C27H23BrClFN2O3S/c1-3-11-32-26(33)24(36-27(32)31-21-9-7-19(29)8-10-21)15-18-13-22(28)25(23(14-18)34-2)35-16-17-5-4-6-20(30)12-17/h4-10,12-15H,3,11,16H2,1-2H3/b24-15-,31-27?. The van der Waals surface area contributed by atoms with Crippen LogP contribution in [-0.4, -0.2) is 29.6 Å². The Bertz CT molecular complexity index is 1330. The summed E-state index contributed by atoms with van der Waals surface area (Å²) in [6, 6.07) is 17.1. The molecule has 0 saturated carbocycles. The van der Waals surface area contributed by atoms with Gasteiger partial charge in [0.2, 0.25) is 0 Å². The fourth-order valence-corrected chi connectivity index (χ4v) is 5.26. The summed E-state index contributed by atoms with van der Waals surface area (Å²) in [7, 11) is 1.54. The van der Waals surface area contributed by atoms with E-state index in [2.05, 4.69) is 20.9 Å². The number of hydrogen-bond acceptors (Lipinski definition) is 5. The minimum atomic E-state index is -0.320. The Morgan fingerprint density at radius 1 is 1.17 bits per heavy atom. The first kappa shape index (κ1) is 26.3. The number of rotatable bonds is 8. The number of ether oxygens (including phenoxy) is 2. The van der Waals surface area contributed by atoms with Crippen molar-refractivity contribution in [2.24, 2.45) is 4.99 Å². The van der Waals surface area contributed by atoms with Crippen LogP contribution in [0.4, 0.5) is 10.1 Å². The zero-order valence-corrected chi connectivity index (χ0v) is 22.8. The molecule has 0 spiro atoms. The monoisotopic (exact) mass is 588 g/mol. The van der Waals surface area contributed by atoms with E-state index in [1.54, 1.807) is 42.3 Å². The molecule has 5 nitrogen and oxygen atoms in total. The summed E-state index contributed by atoms with van der Waals surface area (Å²) in [4.78, 5) is 20.1. The first-order valence-electron chi connectivity index (χ1n) is 11.2. The van der Waals surface area contributed by atoms with Gasteiger partial charge in [0.05, 0.1) is 22.2 Å². The van der Waals surface area contributed by atoms with E-state index >= 15 is 0 Å². The van der Waals surface area contributed by atoms with Gasteiger partial charge in [-0.15, -0.1) is 0 Å². The van der Waals surface area contributed by atoms with Crippen molar-refractivity contribution in [2.75, 3.05) is 13.7 Å². The predicted molar refractivity (Wildman–Crippen MR) is 148 cm³/mol. The number of aliphatic imine (C=N–C) groups is 1. The quantitative estimate of drug-likeness (QED) is 0.251. The first-order valence-corrected chi connectivity index (χ1v) is 13.2. The maximum absolute atomic E-state index is 13.5. The molecule has 0 N–H and O–H groups in total. The zero-order valence-electron chi connectivity index (χ0n) is 19.6. The molecule has 0 aliphatic carbocycles. The smallest absolute Gasteiger partial charge is 0.266 e. The van der Waals surface area contributed by atoms with Crippen molar-refractivity contribution in [3.63, 3.8) is 0 Å². The number of thioether (sulfide) groups is 1. The molecule has 0 radical (unpaired) electrons. The number of carbonyl (C=O) groups excluding carboxylic acids is 1. The van der Waals surface area contributed by atoms with Crippen molar-refractivity contribution in [2.45, 2.75) is 20.0 Å². The summed E-state index contributed by atoms with van der Waals surface area (Å²) in [6.07, 6.45) is 2.61. The van der Waals surface area contributed by atoms with Crippen LogP contribution in [0.25, 0.3) is 6.08 Å². The van der Waals surface area contributed by atoms with Crippen LogP contribution in [0.5, 0.6) is 11.5 Å². The highest BCUT2D eigenvalue weighted by atomic mass is 79.9. The number of methoxy groups -OCH3 is 1. The molecule has 4 rings (SSSR count). The summed E-state index contributed by atoms with van der Waals surface area (Å²) in [5.41, 5.74) is 2.18. The molecule has 1 saturated heterocycles. The van der Waals surface area contributed by atoms with E-state index in [4.69, 9.17) is 21.1 Å². The van der Waals surface area contributed by atoms with Gasteiger partial charge in [-0.2, -0.15) is 0 Å². The van der Waals surface area contributed by atoms with Gasteiger partial charge in [0.15, 0.2) is 16.7 Å². The predicted octanol–water partition coefficient (Wildman–Crippen LogP) is 7.84. The largest absolute Gasteiger partial charge is 0.493 e. The van der Waals surface area contributed by atoms with Crippen molar-refractivity contribution in [3.8, 4) is 11.5 Å². The second-order valence-corrected chi connectivity index (χ2v) is 10.2. The molecule has 36 heavy (non-hydrogen) atoms. The Labute approximate surface area is 227 Å². The molecule has 9 heteroatoms. The molecule has 186 valence electrons. The van der Waals surface area contributed by atoms with E-state index in [9.17, 15) is 9.18 Å². The van der Waals surface area contributed by atoms with Gasteiger partial charge < -0.3 is 9.47 Å². The van der Waals surface area contributed by atoms with Crippen LogP contribution in [0.3, 0.4) is 0 Å². The fraction of sp³-hybridized carbons (Fsp3) is 0.185. The van der Waals surface area contributed by atoms with E-state index in [1.807, 2.05) is 31.2 Å². The van der Waals surface area contributed by atoms with Gasteiger partial charge >= 0.3 is 0 Å². The minimum Gasteiger partial charge on any atom is -0.493 e. The SMILES string of the molecule is CCCN1C(=O)/C(=C/c2cc(Br)c(OCc3cccc(F)c3)c(OC)c2)SC1=Nc1ccc(Cl)cc1. The van der Waals surface area contributed by atoms with Gasteiger partial charge in [-0.05, 0) is 99.8 Å². The number of hydrogen-bond donors (Lipinski definition) is 0. The number of amides is 1. The van der Waals surface area contributed by atoms with Gasteiger partial charge in [-0.25, -0.2) is 9.38 Å². The molecule has 0 atom stereocenters. The van der Waals surface area contributed by atoms with Crippen LogP contribution in [0.15, 0.2) is 75.0 Å². The number of nitrogens with zero attached hydrogens (tertiary/aromatic N) is 2. The maximum Gasteiger partial charge on any atom is 0.266 e. The highest BCUT2D eigenvalue weighted by Crippen LogP contribution is 2.40. The summed E-state index contributed by atoms with van der Waals surface area (Å²) < 4.78 is 25.6. The van der Waals surface area contributed by atoms with Crippen molar-refractivity contribution >= 4 is 62.1 Å². The molecular weight excluding hydrogens is 567 g/mol. The lowest BCUT2D eigenvalue weighted by Crippen LogP contribution is -2.29. The van der Waals surface area contributed by atoms with Crippen LogP contribution in [0, 0.1) is 5.82 Å². The lowest BCUT2D eigenvalue weighted by molar-refractivity contribution is -0.122. The molecule has 0 aromatic heterocycles. The van der Waals surface area contributed by atoms with Gasteiger partial charge in [0.25, 0.3) is 5.91 Å². The van der Waals surface area contributed by atoms with Crippen LogP contribution in [0.1, 0.15) is 24.5 Å². The number of amidine groups is 1. The zero-order chi connectivity index (χ0) is 25.7. The topological polar surface area (TPSA) is 51.1 Å². The van der Waals surface area contributed by atoms with Gasteiger partial charge in [0.1, 0.15) is 12.4 Å². The molecule has 3 aromatic rings. The number of halogens is 3. The van der Waals surface area contributed by atoms with E-state index < -0.39 is 0 Å². The highest BCUT2D eigenvalue weighted by Gasteiger charge is 2.33. The summed E-state index contributed by atoms with van der Waals surface area (Å²) in [6.45, 7) is 2.76. The molecule has 1 fully saturated rings. The molecular formula is C27H23BrClFN2O3S. The third-order valence-electron chi connectivity index (χ3n) is 5.21. The number of carbonyl (C=O) groups is 1. The van der Waals surface area contributed by atoms with E-state index in [0.717, 1.165) is 17.7 Å². The van der Waals surface area contributed by atoms with Gasteiger partial charge in [-0.3, -0.25) is 9.69 Å². The fourth-order valence-electron chi connectivity index (χ4n) is 3.54. The van der Waals surface area contributed by atoms with Crippen LogP contribution < -0.4 is 9.47 Å². The Balaban J connectivity index is 1.60. The third-order valence-corrected chi connectivity index (χ3v) is 7.06.